The van der Waals surface area contributed by atoms with Gasteiger partial charge in [-0.15, -0.1) is 0 Å². The van der Waals surface area contributed by atoms with Gasteiger partial charge in [-0.1, -0.05) is 6.07 Å². The third kappa shape index (κ3) is 2.83. The number of carbonyl (C=O) groups excluding carboxylic acids is 1. The van der Waals surface area contributed by atoms with E-state index in [9.17, 15) is 9.90 Å². The van der Waals surface area contributed by atoms with Crippen molar-refractivity contribution in [1.29, 1.82) is 0 Å². The Hall–Kier alpha value is -2.34. The highest BCUT2D eigenvalue weighted by Crippen LogP contribution is 2.56. The summed E-state index contributed by atoms with van der Waals surface area (Å²) < 4.78 is 14.0. The molecule has 2 saturated carbocycles. The van der Waals surface area contributed by atoms with Crippen LogP contribution in [0, 0.1) is 17.8 Å². The van der Waals surface area contributed by atoms with Gasteiger partial charge in [0.2, 0.25) is 0 Å². The van der Waals surface area contributed by atoms with Gasteiger partial charge < -0.3 is 14.6 Å². The third-order valence-corrected chi connectivity index (χ3v) is 6.46. The van der Waals surface area contributed by atoms with Gasteiger partial charge in [-0.3, -0.25) is 9.48 Å². The van der Waals surface area contributed by atoms with Gasteiger partial charge in [-0.25, -0.2) is 0 Å². The van der Waals surface area contributed by atoms with Crippen LogP contribution in [0.1, 0.15) is 47.3 Å². The van der Waals surface area contributed by atoms with Crippen molar-refractivity contribution >= 4 is 6.29 Å². The molecular formula is C21H24N2O4. The van der Waals surface area contributed by atoms with Crippen molar-refractivity contribution in [2.24, 2.45) is 17.8 Å². The fourth-order valence-electron chi connectivity index (χ4n) is 4.94. The van der Waals surface area contributed by atoms with E-state index in [0.29, 0.717) is 48.4 Å². The smallest absolute Gasteiger partial charge is 0.157 e. The summed E-state index contributed by atoms with van der Waals surface area (Å²) in [6.45, 7) is 2.10. The molecule has 0 radical (unpaired) electrons. The number of phenols is 1. The Morgan fingerprint density at radius 2 is 2.15 bits per heavy atom. The molecule has 0 spiro atoms. The van der Waals surface area contributed by atoms with E-state index in [0.717, 1.165) is 19.6 Å². The first-order chi connectivity index (χ1) is 13.3. The van der Waals surface area contributed by atoms with E-state index < -0.39 is 0 Å². The summed E-state index contributed by atoms with van der Waals surface area (Å²) in [5.41, 5.74) is 1.54. The highest BCUT2D eigenvalue weighted by atomic mass is 16.5. The van der Waals surface area contributed by atoms with Crippen LogP contribution in [0.3, 0.4) is 0 Å². The Bertz CT molecular complexity index is 844. The Labute approximate surface area is 158 Å². The van der Waals surface area contributed by atoms with Crippen molar-refractivity contribution in [3.05, 3.63) is 41.7 Å². The lowest BCUT2D eigenvalue weighted by Gasteiger charge is -2.54. The van der Waals surface area contributed by atoms with Crippen LogP contribution in [-0.2, 0) is 4.74 Å². The second kappa shape index (κ2) is 6.68. The van der Waals surface area contributed by atoms with Gasteiger partial charge in [0.05, 0.1) is 24.8 Å². The summed E-state index contributed by atoms with van der Waals surface area (Å²) >= 11 is 0. The van der Waals surface area contributed by atoms with Crippen molar-refractivity contribution < 1.29 is 19.4 Å². The van der Waals surface area contributed by atoms with Crippen molar-refractivity contribution in [2.45, 2.75) is 31.2 Å². The van der Waals surface area contributed by atoms with E-state index in [4.69, 9.17) is 9.47 Å². The first kappa shape index (κ1) is 16.8. The first-order valence-electron chi connectivity index (χ1n) is 9.79. The number of aromatic hydroxyl groups is 1. The molecule has 1 saturated heterocycles. The Kier molecular flexibility index (Phi) is 4.16. The number of carbonyl (C=O) groups is 1. The molecule has 0 amide bonds. The zero-order chi connectivity index (χ0) is 18.4. The number of aromatic nitrogens is 2. The van der Waals surface area contributed by atoms with Crippen molar-refractivity contribution in [3.63, 3.8) is 0 Å². The van der Waals surface area contributed by atoms with Crippen molar-refractivity contribution in [1.82, 2.24) is 9.78 Å². The van der Waals surface area contributed by atoms with Gasteiger partial charge in [0.1, 0.15) is 11.5 Å². The second-order valence-corrected chi connectivity index (χ2v) is 7.93. The molecule has 6 heteroatoms. The monoisotopic (exact) mass is 368 g/mol. The van der Waals surface area contributed by atoms with Crippen LogP contribution in [-0.4, -0.2) is 41.0 Å². The Balaban J connectivity index is 1.39. The van der Waals surface area contributed by atoms with Crippen LogP contribution in [0.15, 0.2) is 30.5 Å². The summed E-state index contributed by atoms with van der Waals surface area (Å²) in [7, 11) is 0. The van der Waals surface area contributed by atoms with Crippen LogP contribution in [0.4, 0.5) is 0 Å². The van der Waals surface area contributed by atoms with Gasteiger partial charge in [0, 0.05) is 30.3 Å². The lowest BCUT2D eigenvalue weighted by molar-refractivity contribution is -0.107. The molecule has 142 valence electrons. The summed E-state index contributed by atoms with van der Waals surface area (Å²) in [6, 6.07) is 7.66. The molecule has 2 aliphatic carbocycles. The second-order valence-electron chi connectivity index (χ2n) is 7.93. The summed E-state index contributed by atoms with van der Waals surface area (Å²) in [5, 5.41) is 14.5. The number of fused-ring (bicyclic) bond motifs is 1. The maximum Gasteiger partial charge on any atom is 0.157 e. The SMILES string of the molecule is O=Cc1c(O)cccc1OCC1C(c2ccnn2C2CC2)C2CCOC[C@H]21. The molecular weight excluding hydrogens is 344 g/mol. The number of phenolic OH excluding ortho intramolecular Hbond substituents is 1. The summed E-state index contributed by atoms with van der Waals surface area (Å²) in [4.78, 5) is 11.3. The number of ether oxygens (including phenoxy) is 2. The molecule has 2 aromatic rings. The fraction of sp³-hybridized carbons (Fsp3) is 0.524. The molecule has 0 bridgehead atoms. The molecule has 3 unspecified atom stereocenters. The van der Waals surface area contributed by atoms with E-state index in [1.165, 1.54) is 24.6 Å². The minimum absolute atomic E-state index is 0.0432. The molecule has 3 fully saturated rings. The van der Waals surface area contributed by atoms with Gasteiger partial charge in [0.25, 0.3) is 0 Å². The molecule has 27 heavy (non-hydrogen) atoms. The van der Waals surface area contributed by atoms with E-state index in [1.54, 1.807) is 12.1 Å². The highest BCUT2D eigenvalue weighted by Gasteiger charge is 2.53. The maximum absolute atomic E-state index is 11.3. The van der Waals surface area contributed by atoms with Crippen LogP contribution in [0.5, 0.6) is 11.5 Å². The molecule has 4 atom stereocenters. The van der Waals surface area contributed by atoms with Crippen LogP contribution < -0.4 is 4.74 Å². The number of nitrogens with zero attached hydrogens (tertiary/aromatic N) is 2. The number of rotatable bonds is 6. The van der Waals surface area contributed by atoms with E-state index in [2.05, 4.69) is 15.8 Å². The van der Waals surface area contributed by atoms with Crippen molar-refractivity contribution in [3.8, 4) is 11.5 Å². The standard InChI is InChI=1S/C21H24N2O4/c24-10-15-19(25)2-1-3-20(15)27-12-17-16-11-26-9-7-14(16)21(17)18-6-8-22-23(18)13-4-5-13/h1-3,6,8,10,13-14,16-17,21,25H,4-5,7,9,11-12H2/t14?,16-,17?,21?/m1/s1. The molecule has 1 aromatic carbocycles. The number of aldehydes is 1. The molecule has 6 nitrogen and oxygen atoms in total. The zero-order valence-electron chi connectivity index (χ0n) is 15.2. The molecule has 1 aromatic heterocycles. The quantitative estimate of drug-likeness (QED) is 0.793. The first-order valence-corrected chi connectivity index (χ1v) is 9.79. The predicted molar refractivity (Wildman–Crippen MR) is 98.1 cm³/mol. The van der Waals surface area contributed by atoms with E-state index in [-0.39, 0.29) is 11.3 Å². The molecule has 1 aliphatic heterocycles. The molecule has 1 N–H and O–H groups in total. The average Bonchev–Trinajstić information content (AvgIpc) is 3.41. The normalized spacial score (nSPS) is 29.6. The molecule has 5 rings (SSSR count). The van der Waals surface area contributed by atoms with Gasteiger partial charge in [-0.05, 0) is 49.3 Å². The highest BCUT2D eigenvalue weighted by molar-refractivity contribution is 5.83. The third-order valence-electron chi connectivity index (χ3n) is 6.46. The minimum Gasteiger partial charge on any atom is -0.507 e. The van der Waals surface area contributed by atoms with Crippen molar-refractivity contribution in [2.75, 3.05) is 19.8 Å². The maximum atomic E-state index is 11.3. The lowest BCUT2D eigenvalue weighted by atomic mass is 9.54. The van der Waals surface area contributed by atoms with Gasteiger partial charge >= 0.3 is 0 Å². The fourth-order valence-corrected chi connectivity index (χ4v) is 4.94. The predicted octanol–water partition coefficient (Wildman–Crippen LogP) is 3.18. The average molecular weight is 368 g/mol. The number of hydrogen-bond donors (Lipinski definition) is 1. The lowest BCUT2D eigenvalue weighted by Crippen LogP contribution is -2.53. The van der Waals surface area contributed by atoms with Crippen LogP contribution in [0.2, 0.25) is 0 Å². The topological polar surface area (TPSA) is 73.6 Å². The van der Waals surface area contributed by atoms with Gasteiger partial charge in [-0.2, -0.15) is 5.10 Å². The van der Waals surface area contributed by atoms with E-state index in [1.807, 2.05) is 6.20 Å². The van der Waals surface area contributed by atoms with Crippen LogP contribution in [0.25, 0.3) is 0 Å². The van der Waals surface area contributed by atoms with Crippen LogP contribution >= 0.6 is 0 Å². The molecule has 3 aliphatic rings. The zero-order valence-corrected chi connectivity index (χ0v) is 15.2. The Morgan fingerprint density at radius 1 is 1.26 bits per heavy atom. The van der Waals surface area contributed by atoms with E-state index >= 15 is 0 Å². The number of hydrogen-bond acceptors (Lipinski definition) is 5. The number of benzene rings is 1. The molecule has 2 heterocycles. The minimum atomic E-state index is -0.0432. The summed E-state index contributed by atoms with van der Waals surface area (Å²) in [5.74, 6) is 2.22. The Morgan fingerprint density at radius 3 is 2.96 bits per heavy atom. The van der Waals surface area contributed by atoms with Gasteiger partial charge in [0.15, 0.2) is 6.29 Å². The summed E-state index contributed by atoms with van der Waals surface area (Å²) in [6.07, 6.45) is 6.07. The largest absolute Gasteiger partial charge is 0.507 e.